The van der Waals surface area contributed by atoms with Gasteiger partial charge in [0.05, 0.1) is 5.69 Å². The van der Waals surface area contributed by atoms with E-state index in [-0.39, 0.29) is 0 Å². The second-order valence-corrected chi connectivity index (χ2v) is 3.10. The molecule has 0 amide bonds. The van der Waals surface area contributed by atoms with Gasteiger partial charge in [-0.25, -0.2) is 4.98 Å². The summed E-state index contributed by atoms with van der Waals surface area (Å²) in [6, 6.07) is 0. The normalized spacial score (nSPS) is 9.73. The fourth-order valence-corrected chi connectivity index (χ4v) is 1.11. The molecule has 1 rings (SSSR count). The summed E-state index contributed by atoms with van der Waals surface area (Å²) in [4.78, 5) is 4.07. The van der Waals surface area contributed by atoms with Crippen LogP contribution in [0.3, 0.4) is 0 Å². The molecule has 0 radical (unpaired) electrons. The van der Waals surface area contributed by atoms with Gasteiger partial charge in [0.25, 0.3) is 0 Å². The minimum Gasteiger partial charge on any atom is -0.395 e. The maximum atomic E-state index is 5.74. The summed E-state index contributed by atoms with van der Waals surface area (Å²) >= 11 is 3.34. The Hall–Kier alpha value is -0.770. The molecule has 0 fully saturated rings. The molecule has 0 spiro atoms. The molecule has 0 saturated heterocycles. The molecule has 0 aliphatic heterocycles. The summed E-state index contributed by atoms with van der Waals surface area (Å²) in [5, 5.41) is 2.91. The van der Waals surface area contributed by atoms with Crippen LogP contribution in [0.4, 0.5) is 11.5 Å². The van der Waals surface area contributed by atoms with Crippen LogP contribution in [0, 0.1) is 6.92 Å². The fraction of sp³-hybridized carbons (Fsp3) is 0.286. The minimum absolute atomic E-state index is 0.696. The van der Waals surface area contributed by atoms with Crippen molar-refractivity contribution in [2.45, 2.75) is 6.92 Å². The van der Waals surface area contributed by atoms with Crippen molar-refractivity contribution in [1.82, 2.24) is 4.98 Å². The number of nitrogens with two attached hydrogens (primary N) is 1. The zero-order valence-corrected chi connectivity index (χ0v) is 8.07. The van der Waals surface area contributed by atoms with Crippen LogP contribution in [0.1, 0.15) is 5.56 Å². The average molecular weight is 216 g/mol. The maximum absolute atomic E-state index is 5.74. The molecule has 0 bridgehead atoms. The first-order valence-electron chi connectivity index (χ1n) is 3.25. The minimum atomic E-state index is 0.696. The lowest BCUT2D eigenvalue weighted by molar-refractivity contribution is 1.24. The predicted molar refractivity (Wildman–Crippen MR) is 50.6 cm³/mol. The largest absolute Gasteiger partial charge is 0.395 e. The number of nitrogens with one attached hydrogen (secondary N) is 1. The summed E-state index contributed by atoms with van der Waals surface area (Å²) in [6.45, 7) is 1.95. The van der Waals surface area contributed by atoms with Gasteiger partial charge < -0.3 is 11.1 Å². The van der Waals surface area contributed by atoms with E-state index in [0.29, 0.717) is 5.69 Å². The van der Waals surface area contributed by atoms with E-state index in [1.165, 1.54) is 0 Å². The van der Waals surface area contributed by atoms with E-state index in [1.807, 2.05) is 6.92 Å². The third-order valence-electron chi connectivity index (χ3n) is 1.56. The van der Waals surface area contributed by atoms with Crippen molar-refractivity contribution >= 4 is 27.4 Å². The van der Waals surface area contributed by atoms with Gasteiger partial charge in [0.2, 0.25) is 0 Å². The van der Waals surface area contributed by atoms with Crippen molar-refractivity contribution in [2.24, 2.45) is 0 Å². The first kappa shape index (κ1) is 8.33. The summed E-state index contributed by atoms with van der Waals surface area (Å²) in [7, 11) is 1.80. The van der Waals surface area contributed by atoms with Crippen molar-refractivity contribution in [1.29, 1.82) is 0 Å². The SMILES string of the molecule is CNc1ncc(Br)c(C)c1N. The lowest BCUT2D eigenvalue weighted by Gasteiger charge is -2.07. The fourth-order valence-electron chi connectivity index (χ4n) is 0.793. The Kier molecular flexibility index (Phi) is 2.34. The standard InChI is InChI=1S/C7H10BrN3/c1-4-5(8)3-11-7(10-2)6(4)9/h3H,9H2,1-2H3,(H,10,11). The van der Waals surface area contributed by atoms with Crippen LogP contribution >= 0.6 is 15.9 Å². The summed E-state index contributed by atoms with van der Waals surface area (Å²) < 4.78 is 0.939. The Labute approximate surface area is 74.1 Å². The molecule has 0 aromatic carbocycles. The van der Waals surface area contributed by atoms with E-state index in [4.69, 9.17) is 5.73 Å². The van der Waals surface area contributed by atoms with Crippen LogP contribution in [0.5, 0.6) is 0 Å². The van der Waals surface area contributed by atoms with Crippen LogP contribution in [0.25, 0.3) is 0 Å². The molecule has 1 aromatic rings. The summed E-state index contributed by atoms with van der Waals surface area (Å²) in [5.74, 6) is 0.728. The molecule has 3 nitrogen and oxygen atoms in total. The number of nitrogen functional groups attached to an aromatic ring is 1. The van der Waals surface area contributed by atoms with Crippen molar-refractivity contribution < 1.29 is 0 Å². The third-order valence-corrected chi connectivity index (χ3v) is 2.36. The van der Waals surface area contributed by atoms with Gasteiger partial charge >= 0.3 is 0 Å². The molecular weight excluding hydrogens is 206 g/mol. The number of nitrogens with zero attached hydrogens (tertiary/aromatic N) is 1. The zero-order valence-electron chi connectivity index (χ0n) is 6.48. The number of hydrogen-bond acceptors (Lipinski definition) is 3. The molecule has 0 unspecified atom stereocenters. The van der Waals surface area contributed by atoms with Gasteiger partial charge in [-0.3, -0.25) is 0 Å². The number of aromatic nitrogens is 1. The number of halogens is 1. The Morgan fingerprint density at radius 2 is 2.27 bits per heavy atom. The Morgan fingerprint density at radius 1 is 1.64 bits per heavy atom. The van der Waals surface area contributed by atoms with Crippen LogP contribution in [-0.2, 0) is 0 Å². The number of pyridine rings is 1. The second-order valence-electron chi connectivity index (χ2n) is 2.24. The lowest BCUT2D eigenvalue weighted by Crippen LogP contribution is -2.00. The Bertz CT molecular complexity index is 273. The highest BCUT2D eigenvalue weighted by Gasteiger charge is 2.03. The zero-order chi connectivity index (χ0) is 8.43. The summed E-state index contributed by atoms with van der Waals surface area (Å²) in [6.07, 6.45) is 1.73. The van der Waals surface area contributed by atoms with Crippen molar-refractivity contribution in [3.8, 4) is 0 Å². The highest BCUT2D eigenvalue weighted by Crippen LogP contribution is 2.25. The van der Waals surface area contributed by atoms with Crippen LogP contribution in [0.2, 0.25) is 0 Å². The maximum Gasteiger partial charge on any atom is 0.149 e. The van der Waals surface area contributed by atoms with Gasteiger partial charge in [0.15, 0.2) is 0 Å². The molecule has 0 saturated carbocycles. The molecule has 3 N–H and O–H groups in total. The van der Waals surface area contributed by atoms with E-state index < -0.39 is 0 Å². The van der Waals surface area contributed by atoms with Gasteiger partial charge in [-0.2, -0.15) is 0 Å². The highest BCUT2D eigenvalue weighted by atomic mass is 79.9. The van der Waals surface area contributed by atoms with Crippen LogP contribution in [0.15, 0.2) is 10.7 Å². The molecule has 0 aliphatic carbocycles. The van der Waals surface area contributed by atoms with E-state index in [1.54, 1.807) is 13.2 Å². The molecule has 1 aromatic heterocycles. The molecule has 0 atom stereocenters. The molecule has 60 valence electrons. The number of hydrogen-bond donors (Lipinski definition) is 2. The van der Waals surface area contributed by atoms with Crippen molar-refractivity contribution in [2.75, 3.05) is 18.1 Å². The monoisotopic (exact) mass is 215 g/mol. The van der Waals surface area contributed by atoms with Gasteiger partial charge in [-0.1, -0.05) is 0 Å². The predicted octanol–water partition coefficient (Wildman–Crippen LogP) is 1.78. The highest BCUT2D eigenvalue weighted by molar-refractivity contribution is 9.10. The first-order valence-corrected chi connectivity index (χ1v) is 4.04. The van der Waals surface area contributed by atoms with Crippen molar-refractivity contribution in [3.05, 3.63) is 16.2 Å². The smallest absolute Gasteiger partial charge is 0.149 e. The molecule has 11 heavy (non-hydrogen) atoms. The number of rotatable bonds is 1. The van der Waals surface area contributed by atoms with E-state index in [0.717, 1.165) is 15.9 Å². The molecule has 1 heterocycles. The summed E-state index contributed by atoms with van der Waals surface area (Å²) in [5.41, 5.74) is 7.45. The van der Waals surface area contributed by atoms with Gasteiger partial charge in [-0.15, -0.1) is 0 Å². The topological polar surface area (TPSA) is 50.9 Å². The Morgan fingerprint density at radius 3 is 2.82 bits per heavy atom. The van der Waals surface area contributed by atoms with Gasteiger partial charge in [0, 0.05) is 17.7 Å². The average Bonchev–Trinajstić information content (AvgIpc) is 2.01. The quantitative estimate of drug-likeness (QED) is 0.752. The second kappa shape index (κ2) is 3.09. The molecule has 4 heteroatoms. The van der Waals surface area contributed by atoms with Crippen molar-refractivity contribution in [3.63, 3.8) is 0 Å². The Balaban J connectivity index is 3.25. The van der Waals surface area contributed by atoms with Gasteiger partial charge in [-0.05, 0) is 28.4 Å². The van der Waals surface area contributed by atoms with Crippen LogP contribution in [-0.4, -0.2) is 12.0 Å². The van der Waals surface area contributed by atoms with Crippen LogP contribution < -0.4 is 11.1 Å². The number of anilines is 2. The van der Waals surface area contributed by atoms with E-state index >= 15 is 0 Å². The molecular formula is C7H10BrN3. The first-order chi connectivity index (χ1) is 5.16. The third kappa shape index (κ3) is 1.45. The van der Waals surface area contributed by atoms with E-state index in [9.17, 15) is 0 Å². The molecule has 0 aliphatic rings. The lowest BCUT2D eigenvalue weighted by atomic mass is 10.2. The van der Waals surface area contributed by atoms with E-state index in [2.05, 4.69) is 26.2 Å². The van der Waals surface area contributed by atoms with Gasteiger partial charge in [0.1, 0.15) is 5.82 Å².